The first-order valence-electron chi connectivity index (χ1n) is 8.25. The molecule has 7 heteroatoms. The zero-order valence-electron chi connectivity index (χ0n) is 14.6. The molecule has 0 aromatic carbocycles. The van der Waals surface area contributed by atoms with E-state index in [4.69, 9.17) is 0 Å². The van der Waals surface area contributed by atoms with E-state index in [1.807, 2.05) is 25.1 Å². The van der Waals surface area contributed by atoms with Crippen molar-refractivity contribution < 1.29 is 4.79 Å². The molecule has 3 rings (SSSR count). The number of amides is 1. The number of pyridine rings is 2. The van der Waals surface area contributed by atoms with Gasteiger partial charge >= 0.3 is 0 Å². The van der Waals surface area contributed by atoms with Gasteiger partial charge in [0.1, 0.15) is 5.69 Å². The summed E-state index contributed by atoms with van der Waals surface area (Å²) in [5, 5.41) is 2.87. The Kier molecular flexibility index (Phi) is 5.17. The molecular weight excluding hydrogens is 330 g/mol. The molecule has 0 saturated heterocycles. The number of aromatic amines is 1. The highest BCUT2D eigenvalue weighted by Crippen LogP contribution is 2.12. The number of carbonyl (C=O) groups is 1. The van der Waals surface area contributed by atoms with Gasteiger partial charge in [0.15, 0.2) is 5.82 Å². The molecule has 0 aliphatic carbocycles. The van der Waals surface area contributed by atoms with Crippen LogP contribution in [0.25, 0.3) is 11.5 Å². The lowest BCUT2D eigenvalue weighted by atomic mass is 10.1. The number of hydrogen-bond acceptors (Lipinski definition) is 5. The average molecular weight is 349 g/mol. The molecule has 0 saturated carbocycles. The van der Waals surface area contributed by atoms with Crippen LogP contribution in [0.3, 0.4) is 0 Å². The standard InChI is InChI=1S/C19H19N5O2/c1-12(14-6-5-8-20-11-14)22-17(25)10-15-13(2)23-18(24-19(15)26)16-7-3-4-9-21-16/h3-9,11-12H,10H2,1-2H3,(H,22,25)(H,23,24,26)/t12-/m1/s1. The molecular formula is C19H19N5O2. The van der Waals surface area contributed by atoms with E-state index in [0.717, 1.165) is 5.56 Å². The summed E-state index contributed by atoms with van der Waals surface area (Å²) in [4.78, 5) is 40.1. The lowest BCUT2D eigenvalue weighted by molar-refractivity contribution is -0.121. The molecule has 3 aromatic rings. The molecule has 0 aliphatic rings. The highest BCUT2D eigenvalue weighted by Gasteiger charge is 2.16. The molecule has 3 aromatic heterocycles. The molecule has 1 amide bonds. The minimum absolute atomic E-state index is 0.0404. The Morgan fingerprint density at radius 1 is 1.23 bits per heavy atom. The van der Waals surface area contributed by atoms with Crippen LogP contribution >= 0.6 is 0 Å². The summed E-state index contributed by atoms with van der Waals surface area (Å²) in [7, 11) is 0. The molecule has 3 heterocycles. The van der Waals surface area contributed by atoms with E-state index in [2.05, 4.69) is 25.3 Å². The fourth-order valence-corrected chi connectivity index (χ4v) is 2.61. The van der Waals surface area contributed by atoms with Gasteiger partial charge in [0.25, 0.3) is 5.56 Å². The molecule has 0 unspecified atom stereocenters. The van der Waals surface area contributed by atoms with Crippen LogP contribution in [0.15, 0.2) is 53.7 Å². The van der Waals surface area contributed by atoms with Crippen molar-refractivity contribution in [2.24, 2.45) is 0 Å². The summed E-state index contributed by atoms with van der Waals surface area (Å²) in [6, 6.07) is 8.87. The average Bonchev–Trinajstić information content (AvgIpc) is 2.66. The predicted octanol–water partition coefficient (Wildman–Crippen LogP) is 1.96. The van der Waals surface area contributed by atoms with Crippen molar-refractivity contribution in [1.82, 2.24) is 25.3 Å². The van der Waals surface area contributed by atoms with Crippen LogP contribution < -0.4 is 10.9 Å². The Balaban J connectivity index is 1.76. The Bertz CT molecular complexity index is 955. The van der Waals surface area contributed by atoms with Crippen molar-refractivity contribution in [2.75, 3.05) is 0 Å². The van der Waals surface area contributed by atoms with Gasteiger partial charge in [-0.3, -0.25) is 19.6 Å². The number of hydrogen-bond donors (Lipinski definition) is 2. The molecule has 0 spiro atoms. The topological polar surface area (TPSA) is 101 Å². The van der Waals surface area contributed by atoms with Crippen molar-refractivity contribution in [1.29, 1.82) is 0 Å². The van der Waals surface area contributed by atoms with E-state index < -0.39 is 0 Å². The lowest BCUT2D eigenvalue weighted by Crippen LogP contribution is -2.31. The van der Waals surface area contributed by atoms with Crippen molar-refractivity contribution in [3.05, 3.63) is 76.1 Å². The number of aryl methyl sites for hydroxylation is 1. The molecule has 26 heavy (non-hydrogen) atoms. The Morgan fingerprint density at radius 3 is 2.73 bits per heavy atom. The summed E-state index contributed by atoms with van der Waals surface area (Å²) < 4.78 is 0. The third-order valence-corrected chi connectivity index (χ3v) is 4.03. The van der Waals surface area contributed by atoms with Crippen molar-refractivity contribution in [2.45, 2.75) is 26.3 Å². The summed E-state index contributed by atoms with van der Waals surface area (Å²) in [6.45, 7) is 3.59. The third-order valence-electron chi connectivity index (χ3n) is 4.03. The maximum atomic E-state index is 12.4. The minimum Gasteiger partial charge on any atom is -0.349 e. The molecule has 0 fully saturated rings. The van der Waals surface area contributed by atoms with E-state index in [0.29, 0.717) is 22.8 Å². The van der Waals surface area contributed by atoms with Gasteiger partial charge in [0.2, 0.25) is 5.91 Å². The van der Waals surface area contributed by atoms with Gasteiger partial charge in [0.05, 0.1) is 12.5 Å². The fraction of sp³-hybridized carbons (Fsp3) is 0.211. The van der Waals surface area contributed by atoms with E-state index in [1.54, 1.807) is 37.6 Å². The van der Waals surface area contributed by atoms with Gasteiger partial charge < -0.3 is 10.3 Å². The van der Waals surface area contributed by atoms with Crippen molar-refractivity contribution in [3.8, 4) is 11.5 Å². The third kappa shape index (κ3) is 4.00. The summed E-state index contributed by atoms with van der Waals surface area (Å²) in [5.41, 5.74) is 2.01. The fourth-order valence-electron chi connectivity index (χ4n) is 2.61. The maximum Gasteiger partial charge on any atom is 0.255 e. The SMILES string of the molecule is Cc1nc(-c2ccccn2)[nH]c(=O)c1CC(=O)N[C@H](C)c1cccnc1. The number of H-pyrrole nitrogens is 1. The number of carbonyl (C=O) groups excluding carboxylic acids is 1. The van der Waals surface area contributed by atoms with E-state index in [1.165, 1.54) is 0 Å². The second kappa shape index (κ2) is 7.69. The summed E-state index contributed by atoms with van der Waals surface area (Å²) in [6.07, 6.45) is 4.97. The first-order chi connectivity index (χ1) is 12.5. The minimum atomic E-state index is -0.331. The van der Waals surface area contributed by atoms with Crippen molar-refractivity contribution in [3.63, 3.8) is 0 Å². The zero-order valence-corrected chi connectivity index (χ0v) is 14.6. The first kappa shape index (κ1) is 17.5. The summed E-state index contributed by atoms with van der Waals surface area (Å²) >= 11 is 0. The molecule has 0 bridgehead atoms. The molecule has 0 aliphatic heterocycles. The van der Waals surface area contributed by atoms with Crippen LogP contribution in [0.4, 0.5) is 0 Å². The van der Waals surface area contributed by atoms with E-state index in [-0.39, 0.29) is 23.9 Å². The van der Waals surface area contributed by atoms with Gasteiger partial charge in [-0.25, -0.2) is 4.98 Å². The molecule has 1 atom stereocenters. The molecule has 0 radical (unpaired) electrons. The van der Waals surface area contributed by atoms with Crippen LogP contribution in [0, 0.1) is 6.92 Å². The zero-order chi connectivity index (χ0) is 18.5. The lowest BCUT2D eigenvalue weighted by Gasteiger charge is -2.14. The Morgan fingerprint density at radius 2 is 2.08 bits per heavy atom. The van der Waals surface area contributed by atoms with Gasteiger partial charge in [-0.05, 0) is 37.6 Å². The molecule has 7 nitrogen and oxygen atoms in total. The second-order valence-corrected chi connectivity index (χ2v) is 5.95. The number of aromatic nitrogens is 4. The van der Waals surface area contributed by atoms with Crippen LogP contribution in [0.5, 0.6) is 0 Å². The van der Waals surface area contributed by atoms with Crippen LogP contribution in [0.2, 0.25) is 0 Å². The predicted molar refractivity (Wildman–Crippen MR) is 97.3 cm³/mol. The first-order valence-corrected chi connectivity index (χ1v) is 8.25. The highest BCUT2D eigenvalue weighted by molar-refractivity contribution is 5.79. The van der Waals surface area contributed by atoms with Gasteiger partial charge in [-0.2, -0.15) is 0 Å². The molecule has 132 valence electrons. The van der Waals surface area contributed by atoms with Gasteiger partial charge in [0, 0.05) is 29.8 Å². The Labute approximate surface area is 150 Å². The van der Waals surface area contributed by atoms with Crippen LogP contribution in [-0.2, 0) is 11.2 Å². The quantitative estimate of drug-likeness (QED) is 0.733. The maximum absolute atomic E-state index is 12.4. The van der Waals surface area contributed by atoms with Crippen LogP contribution in [-0.4, -0.2) is 25.8 Å². The summed E-state index contributed by atoms with van der Waals surface area (Å²) in [5.74, 6) is 0.142. The Hall–Kier alpha value is -3.35. The van der Waals surface area contributed by atoms with Crippen LogP contribution in [0.1, 0.15) is 29.8 Å². The largest absolute Gasteiger partial charge is 0.349 e. The van der Waals surface area contributed by atoms with Crippen molar-refractivity contribution >= 4 is 5.91 Å². The smallest absolute Gasteiger partial charge is 0.255 e. The van der Waals surface area contributed by atoms with E-state index in [9.17, 15) is 9.59 Å². The van der Waals surface area contributed by atoms with Gasteiger partial charge in [-0.15, -0.1) is 0 Å². The normalized spacial score (nSPS) is 11.8. The monoisotopic (exact) mass is 349 g/mol. The number of rotatable bonds is 5. The second-order valence-electron chi connectivity index (χ2n) is 5.95. The number of nitrogens with zero attached hydrogens (tertiary/aromatic N) is 3. The van der Waals surface area contributed by atoms with E-state index >= 15 is 0 Å². The number of nitrogens with one attached hydrogen (secondary N) is 2. The highest BCUT2D eigenvalue weighted by atomic mass is 16.2. The molecule has 2 N–H and O–H groups in total. The van der Waals surface area contributed by atoms with Gasteiger partial charge in [-0.1, -0.05) is 12.1 Å².